The molecule has 6 rings (SSSR count). The number of aromatic nitrogens is 4. The number of amides is 1. The number of aryl methyl sites for hydroxylation is 1. The molecule has 2 fully saturated rings. The van der Waals surface area contributed by atoms with Crippen molar-refractivity contribution < 1.29 is 4.79 Å². The third-order valence-electron chi connectivity index (χ3n) is 8.05. The van der Waals surface area contributed by atoms with E-state index in [4.69, 9.17) is 0 Å². The molecule has 2 N–H and O–H groups in total. The van der Waals surface area contributed by atoms with E-state index < -0.39 is 0 Å². The van der Waals surface area contributed by atoms with E-state index in [1.54, 1.807) is 0 Å². The molecule has 0 atom stereocenters. The standard InChI is InChI=1S/C30H36N8O/c1-36-26-10-6-5-9-25(26)32-30(36)33-27-11-12-28(35-34-27)38-19-13-23(14-20-38)29(39)31-24-15-17-37(18-16-24)21-22-7-3-2-4-8-22/h2-12,23-24H,13-21H2,1H3,(H,31,39)(H,32,33,34). The van der Waals surface area contributed by atoms with Gasteiger partial charge in [0.05, 0.1) is 11.0 Å². The molecule has 2 saturated heterocycles. The van der Waals surface area contributed by atoms with Crippen LogP contribution in [0, 0.1) is 5.92 Å². The summed E-state index contributed by atoms with van der Waals surface area (Å²) in [6.07, 6.45) is 3.70. The molecule has 2 aromatic heterocycles. The molecule has 202 valence electrons. The van der Waals surface area contributed by atoms with Crippen LogP contribution < -0.4 is 15.5 Å². The highest BCUT2D eigenvalue weighted by Crippen LogP contribution is 2.25. The lowest BCUT2D eigenvalue weighted by atomic mass is 9.94. The molecule has 2 aliphatic rings. The Morgan fingerprint density at radius 1 is 0.872 bits per heavy atom. The Hall–Kier alpha value is -3.98. The molecular weight excluding hydrogens is 488 g/mol. The second-order valence-electron chi connectivity index (χ2n) is 10.7. The van der Waals surface area contributed by atoms with Gasteiger partial charge in [0.1, 0.15) is 0 Å². The summed E-state index contributed by atoms with van der Waals surface area (Å²) in [7, 11) is 1.98. The van der Waals surface area contributed by atoms with E-state index >= 15 is 0 Å². The second kappa shape index (κ2) is 11.4. The largest absolute Gasteiger partial charge is 0.355 e. The molecule has 9 heteroatoms. The maximum absolute atomic E-state index is 13.0. The Morgan fingerprint density at radius 3 is 2.33 bits per heavy atom. The van der Waals surface area contributed by atoms with Crippen LogP contribution in [-0.2, 0) is 18.4 Å². The van der Waals surface area contributed by atoms with Gasteiger partial charge >= 0.3 is 0 Å². The zero-order valence-corrected chi connectivity index (χ0v) is 22.5. The smallest absolute Gasteiger partial charge is 0.223 e. The van der Waals surface area contributed by atoms with Gasteiger partial charge in [-0.05, 0) is 55.5 Å². The van der Waals surface area contributed by atoms with E-state index in [0.29, 0.717) is 5.82 Å². The number of likely N-dealkylation sites (tertiary alicyclic amines) is 1. The highest BCUT2D eigenvalue weighted by atomic mass is 16.2. The minimum absolute atomic E-state index is 0.0649. The molecule has 4 aromatic rings. The highest BCUT2D eigenvalue weighted by molar-refractivity contribution is 5.80. The van der Waals surface area contributed by atoms with Gasteiger partial charge in [-0.3, -0.25) is 9.69 Å². The number of imidazole rings is 1. The lowest BCUT2D eigenvalue weighted by Crippen LogP contribution is -2.48. The molecule has 0 aliphatic carbocycles. The molecule has 9 nitrogen and oxygen atoms in total. The number of rotatable bonds is 7. The number of carbonyl (C=O) groups excluding carboxylic acids is 1. The van der Waals surface area contributed by atoms with Crippen molar-refractivity contribution in [2.24, 2.45) is 13.0 Å². The van der Waals surface area contributed by atoms with Crippen molar-refractivity contribution in [1.82, 2.24) is 30.0 Å². The number of nitrogens with one attached hydrogen (secondary N) is 2. The number of hydrogen-bond acceptors (Lipinski definition) is 7. The predicted molar refractivity (Wildman–Crippen MR) is 154 cm³/mol. The molecule has 0 radical (unpaired) electrons. The molecule has 0 spiro atoms. The average molecular weight is 525 g/mol. The van der Waals surface area contributed by atoms with Crippen molar-refractivity contribution in [3.8, 4) is 0 Å². The maximum atomic E-state index is 13.0. The van der Waals surface area contributed by atoms with Gasteiger partial charge in [0, 0.05) is 51.7 Å². The minimum Gasteiger partial charge on any atom is -0.355 e. The van der Waals surface area contributed by atoms with E-state index in [-0.39, 0.29) is 17.9 Å². The number of piperidine rings is 2. The van der Waals surface area contributed by atoms with Crippen LogP contribution in [0.4, 0.5) is 17.6 Å². The molecule has 0 bridgehead atoms. The summed E-state index contributed by atoms with van der Waals surface area (Å²) in [6, 6.07) is 22.8. The van der Waals surface area contributed by atoms with Crippen molar-refractivity contribution in [2.45, 2.75) is 38.3 Å². The summed E-state index contributed by atoms with van der Waals surface area (Å²) >= 11 is 0. The van der Waals surface area contributed by atoms with Crippen molar-refractivity contribution in [1.29, 1.82) is 0 Å². The lowest BCUT2D eigenvalue weighted by Gasteiger charge is -2.35. The number of carbonyl (C=O) groups is 1. The number of nitrogens with zero attached hydrogens (tertiary/aromatic N) is 6. The Balaban J connectivity index is 0.956. The van der Waals surface area contributed by atoms with Crippen LogP contribution in [-0.4, -0.2) is 62.8 Å². The van der Waals surface area contributed by atoms with Gasteiger partial charge in [-0.2, -0.15) is 0 Å². The average Bonchev–Trinajstić information content (AvgIpc) is 3.30. The van der Waals surface area contributed by atoms with E-state index in [1.807, 2.05) is 48.0 Å². The minimum atomic E-state index is 0.0649. The van der Waals surface area contributed by atoms with E-state index in [0.717, 1.165) is 81.2 Å². The van der Waals surface area contributed by atoms with Crippen LogP contribution in [0.2, 0.25) is 0 Å². The van der Waals surface area contributed by atoms with Crippen LogP contribution in [0.5, 0.6) is 0 Å². The first kappa shape index (κ1) is 25.3. The molecule has 4 heterocycles. The monoisotopic (exact) mass is 524 g/mol. The predicted octanol–water partition coefficient (Wildman–Crippen LogP) is 4.10. The fourth-order valence-corrected chi connectivity index (χ4v) is 5.70. The van der Waals surface area contributed by atoms with Gasteiger partial charge in [0.25, 0.3) is 0 Å². The molecule has 0 saturated carbocycles. The third-order valence-corrected chi connectivity index (χ3v) is 8.05. The van der Waals surface area contributed by atoms with E-state index in [1.165, 1.54) is 5.56 Å². The summed E-state index contributed by atoms with van der Waals surface area (Å²) in [5.74, 6) is 2.50. The van der Waals surface area contributed by atoms with Crippen LogP contribution in [0.15, 0.2) is 66.7 Å². The Bertz CT molecular complexity index is 1390. The Morgan fingerprint density at radius 2 is 1.62 bits per heavy atom. The fourth-order valence-electron chi connectivity index (χ4n) is 5.70. The normalized spacial score (nSPS) is 17.4. The molecule has 2 aliphatic heterocycles. The van der Waals surface area contributed by atoms with Gasteiger partial charge in [-0.15, -0.1) is 10.2 Å². The van der Waals surface area contributed by atoms with Crippen molar-refractivity contribution in [3.63, 3.8) is 0 Å². The summed E-state index contributed by atoms with van der Waals surface area (Å²) in [5.41, 5.74) is 3.35. The molecular formula is C30H36N8O. The van der Waals surface area contributed by atoms with Gasteiger partial charge in [0.2, 0.25) is 11.9 Å². The summed E-state index contributed by atoms with van der Waals surface area (Å²) in [6.45, 7) is 4.65. The lowest BCUT2D eigenvalue weighted by molar-refractivity contribution is -0.126. The van der Waals surface area contributed by atoms with Crippen LogP contribution in [0.1, 0.15) is 31.2 Å². The number of para-hydroxylation sites is 2. The van der Waals surface area contributed by atoms with Crippen molar-refractivity contribution in [3.05, 3.63) is 72.3 Å². The Kier molecular flexibility index (Phi) is 7.40. The van der Waals surface area contributed by atoms with Gasteiger partial charge in [0.15, 0.2) is 11.6 Å². The van der Waals surface area contributed by atoms with E-state index in [2.05, 4.69) is 65.9 Å². The van der Waals surface area contributed by atoms with Crippen LogP contribution >= 0.6 is 0 Å². The highest BCUT2D eigenvalue weighted by Gasteiger charge is 2.28. The van der Waals surface area contributed by atoms with Gasteiger partial charge < -0.3 is 20.1 Å². The van der Waals surface area contributed by atoms with Crippen molar-refractivity contribution >= 4 is 34.5 Å². The first-order valence-corrected chi connectivity index (χ1v) is 14.0. The number of anilines is 3. The molecule has 2 aromatic carbocycles. The van der Waals surface area contributed by atoms with Gasteiger partial charge in [-0.25, -0.2) is 4.98 Å². The number of hydrogen-bond donors (Lipinski definition) is 2. The second-order valence-corrected chi connectivity index (χ2v) is 10.7. The quantitative estimate of drug-likeness (QED) is 0.376. The van der Waals surface area contributed by atoms with Crippen molar-refractivity contribution in [2.75, 3.05) is 36.4 Å². The molecule has 1 amide bonds. The topological polar surface area (TPSA) is 91.2 Å². The summed E-state index contributed by atoms with van der Waals surface area (Å²) in [4.78, 5) is 22.3. The Labute approximate surface area is 229 Å². The zero-order valence-electron chi connectivity index (χ0n) is 22.5. The number of fused-ring (bicyclic) bond motifs is 1. The molecule has 0 unspecified atom stereocenters. The zero-order chi connectivity index (χ0) is 26.6. The van der Waals surface area contributed by atoms with E-state index in [9.17, 15) is 4.79 Å². The summed E-state index contributed by atoms with van der Waals surface area (Å²) < 4.78 is 2.01. The SMILES string of the molecule is Cn1c(Nc2ccc(N3CCC(C(=O)NC4CCN(Cc5ccccc5)CC4)CC3)nn2)nc2ccccc21. The third kappa shape index (κ3) is 5.88. The first-order chi connectivity index (χ1) is 19.1. The van der Waals surface area contributed by atoms with Crippen LogP contribution in [0.25, 0.3) is 11.0 Å². The number of benzene rings is 2. The van der Waals surface area contributed by atoms with Crippen LogP contribution in [0.3, 0.4) is 0 Å². The summed E-state index contributed by atoms with van der Waals surface area (Å²) in [5, 5.41) is 15.5. The maximum Gasteiger partial charge on any atom is 0.223 e. The first-order valence-electron chi connectivity index (χ1n) is 14.0. The van der Waals surface area contributed by atoms with Gasteiger partial charge in [-0.1, -0.05) is 42.5 Å². The molecule has 39 heavy (non-hydrogen) atoms. The fraction of sp³-hybridized carbons (Fsp3) is 0.400.